The van der Waals surface area contributed by atoms with Crippen LogP contribution in [0.3, 0.4) is 0 Å². The average molecular weight is 408 g/mol. The van der Waals surface area contributed by atoms with E-state index in [0.29, 0.717) is 17.0 Å². The first kappa shape index (κ1) is 19.1. The number of thiazole rings is 1. The summed E-state index contributed by atoms with van der Waals surface area (Å²) in [5.74, 6) is 0.315. The molecule has 7 nitrogen and oxygen atoms in total. The van der Waals surface area contributed by atoms with Gasteiger partial charge in [0.1, 0.15) is 18.0 Å². The van der Waals surface area contributed by atoms with Crippen LogP contribution in [-0.2, 0) is 24.3 Å². The van der Waals surface area contributed by atoms with E-state index in [1.165, 1.54) is 21.6 Å². The molecule has 29 heavy (non-hydrogen) atoms. The molecule has 4 aromatic rings. The lowest BCUT2D eigenvalue weighted by Gasteiger charge is -2.09. The number of amides is 1. The topological polar surface area (TPSA) is 90.0 Å². The van der Waals surface area contributed by atoms with Crippen molar-refractivity contribution in [3.8, 4) is 11.3 Å². The van der Waals surface area contributed by atoms with Crippen LogP contribution in [0, 0.1) is 6.92 Å². The third kappa shape index (κ3) is 3.97. The first-order chi connectivity index (χ1) is 14.0. The molecule has 0 bridgehead atoms. The lowest BCUT2D eigenvalue weighted by atomic mass is 10.1. The van der Waals surface area contributed by atoms with E-state index in [4.69, 9.17) is 4.42 Å². The van der Waals surface area contributed by atoms with Gasteiger partial charge in [-0.05, 0) is 31.0 Å². The van der Waals surface area contributed by atoms with Gasteiger partial charge >= 0.3 is 0 Å². The molecule has 0 atom stereocenters. The molecule has 0 aliphatic carbocycles. The Balaban J connectivity index is 1.69. The van der Waals surface area contributed by atoms with Crippen molar-refractivity contribution in [1.82, 2.24) is 20.1 Å². The number of carbonyl (C=O) groups is 1. The molecule has 8 heteroatoms. The van der Waals surface area contributed by atoms with Gasteiger partial charge in [-0.15, -0.1) is 11.3 Å². The average Bonchev–Trinajstić information content (AvgIpc) is 3.38. The fourth-order valence-corrected chi connectivity index (χ4v) is 3.97. The van der Waals surface area contributed by atoms with E-state index in [2.05, 4.69) is 22.3 Å². The Hall–Kier alpha value is -3.26. The summed E-state index contributed by atoms with van der Waals surface area (Å²) in [6.45, 7) is 4.02. The molecule has 0 saturated carbocycles. The van der Waals surface area contributed by atoms with Crippen LogP contribution >= 0.6 is 11.3 Å². The molecular formula is C21H20N4O3S. The van der Waals surface area contributed by atoms with E-state index in [1.807, 2.05) is 31.2 Å². The number of carbonyl (C=O) groups excluding carboxylic acids is 1. The van der Waals surface area contributed by atoms with Crippen molar-refractivity contribution >= 4 is 27.5 Å². The van der Waals surface area contributed by atoms with Crippen LogP contribution in [0.5, 0.6) is 0 Å². The molecule has 1 N–H and O–H groups in total. The Morgan fingerprint density at radius 3 is 2.72 bits per heavy atom. The van der Waals surface area contributed by atoms with E-state index in [1.54, 1.807) is 18.4 Å². The molecule has 4 rings (SSSR count). The Bertz CT molecular complexity index is 1210. The molecule has 1 aromatic carbocycles. The van der Waals surface area contributed by atoms with Gasteiger partial charge in [-0.2, -0.15) is 5.10 Å². The lowest BCUT2D eigenvalue weighted by molar-refractivity contribution is -0.122. The van der Waals surface area contributed by atoms with Crippen molar-refractivity contribution in [2.24, 2.45) is 0 Å². The quantitative estimate of drug-likeness (QED) is 0.529. The van der Waals surface area contributed by atoms with Crippen LogP contribution in [-0.4, -0.2) is 20.7 Å². The van der Waals surface area contributed by atoms with Crippen molar-refractivity contribution in [2.75, 3.05) is 0 Å². The summed E-state index contributed by atoms with van der Waals surface area (Å²) in [4.78, 5) is 29.6. The number of benzene rings is 1. The number of furan rings is 1. The molecule has 1 amide bonds. The molecule has 0 aliphatic heterocycles. The fourth-order valence-electron chi connectivity index (χ4n) is 3.05. The smallest absolute Gasteiger partial charge is 0.294 e. The number of fused-ring (bicyclic) bond motifs is 1. The zero-order valence-corrected chi connectivity index (χ0v) is 17.0. The molecule has 3 aromatic heterocycles. The molecule has 3 heterocycles. The van der Waals surface area contributed by atoms with E-state index in [0.717, 1.165) is 21.7 Å². The van der Waals surface area contributed by atoms with Crippen molar-refractivity contribution in [2.45, 2.75) is 33.4 Å². The third-order valence-corrected chi connectivity index (χ3v) is 5.55. The second kappa shape index (κ2) is 8.00. The van der Waals surface area contributed by atoms with Gasteiger partial charge in [-0.25, -0.2) is 9.67 Å². The molecule has 148 valence electrons. The number of hydrogen-bond acceptors (Lipinski definition) is 6. The highest BCUT2D eigenvalue weighted by Gasteiger charge is 2.18. The van der Waals surface area contributed by atoms with Gasteiger partial charge in [0, 0.05) is 5.56 Å². The maximum atomic E-state index is 12.8. The van der Waals surface area contributed by atoms with Crippen LogP contribution in [0.25, 0.3) is 21.5 Å². The van der Waals surface area contributed by atoms with Crippen molar-refractivity contribution < 1.29 is 9.21 Å². The van der Waals surface area contributed by atoms with E-state index in [-0.39, 0.29) is 24.6 Å². The molecule has 0 spiro atoms. The summed E-state index contributed by atoms with van der Waals surface area (Å²) in [6, 6.07) is 11.6. The monoisotopic (exact) mass is 408 g/mol. The van der Waals surface area contributed by atoms with Crippen LogP contribution in [0.4, 0.5) is 0 Å². The molecule has 0 aliphatic rings. The summed E-state index contributed by atoms with van der Waals surface area (Å²) >= 11 is 1.43. The number of aryl methyl sites for hydroxylation is 2. The predicted octanol–water partition coefficient (Wildman–Crippen LogP) is 3.30. The Kier molecular flexibility index (Phi) is 5.26. The summed E-state index contributed by atoms with van der Waals surface area (Å²) in [6.07, 6.45) is 2.49. The molecular weight excluding hydrogens is 388 g/mol. The maximum Gasteiger partial charge on any atom is 0.294 e. The summed E-state index contributed by atoms with van der Waals surface area (Å²) in [7, 11) is 0. The Morgan fingerprint density at radius 1 is 1.24 bits per heavy atom. The number of rotatable bonds is 6. The fraction of sp³-hybridized carbons (Fsp3) is 0.238. The third-order valence-electron chi connectivity index (χ3n) is 4.58. The minimum Gasteiger partial charge on any atom is -0.467 e. The Morgan fingerprint density at radius 2 is 2.03 bits per heavy atom. The summed E-state index contributed by atoms with van der Waals surface area (Å²) in [5, 5.41) is 8.04. The standard InChI is InChI=1S/C21H20N4O3S/c1-3-14-6-8-15(9-7-14)18-20-19(23-13(2)29-20)21(27)25(24-18)12-17(26)22-11-16-5-4-10-28-16/h4-10H,3,11-12H2,1-2H3,(H,22,26). The molecule has 0 fully saturated rings. The molecule has 0 saturated heterocycles. The first-order valence-electron chi connectivity index (χ1n) is 9.32. The van der Waals surface area contributed by atoms with E-state index >= 15 is 0 Å². The number of aromatic nitrogens is 3. The number of nitrogens with one attached hydrogen (secondary N) is 1. The van der Waals surface area contributed by atoms with Crippen LogP contribution in [0.2, 0.25) is 0 Å². The SMILES string of the molecule is CCc1ccc(-c2nn(CC(=O)NCc3ccco3)c(=O)c3nc(C)sc23)cc1. The van der Waals surface area contributed by atoms with Crippen LogP contribution in [0.15, 0.2) is 51.9 Å². The minimum absolute atomic E-state index is 0.188. The zero-order valence-electron chi connectivity index (χ0n) is 16.1. The van der Waals surface area contributed by atoms with Gasteiger partial charge in [-0.3, -0.25) is 9.59 Å². The van der Waals surface area contributed by atoms with E-state index < -0.39 is 0 Å². The maximum absolute atomic E-state index is 12.8. The highest BCUT2D eigenvalue weighted by atomic mass is 32.1. The number of nitrogens with zero attached hydrogens (tertiary/aromatic N) is 3. The summed E-state index contributed by atoms with van der Waals surface area (Å²) in [5.41, 5.74) is 2.74. The van der Waals surface area contributed by atoms with Gasteiger partial charge in [0.25, 0.3) is 5.56 Å². The Labute approximate surface area is 171 Å². The second-order valence-electron chi connectivity index (χ2n) is 6.63. The van der Waals surface area contributed by atoms with Gasteiger partial charge in [-0.1, -0.05) is 31.2 Å². The van der Waals surface area contributed by atoms with Crippen LogP contribution in [0.1, 0.15) is 23.3 Å². The predicted molar refractivity (Wildman–Crippen MR) is 112 cm³/mol. The molecule has 0 radical (unpaired) electrons. The summed E-state index contributed by atoms with van der Waals surface area (Å²) < 4.78 is 7.13. The lowest BCUT2D eigenvalue weighted by Crippen LogP contribution is -2.33. The normalized spacial score (nSPS) is 11.1. The zero-order chi connectivity index (χ0) is 20.4. The highest BCUT2D eigenvalue weighted by Crippen LogP contribution is 2.29. The van der Waals surface area contributed by atoms with Crippen molar-refractivity contribution in [3.63, 3.8) is 0 Å². The van der Waals surface area contributed by atoms with E-state index in [9.17, 15) is 9.59 Å². The second-order valence-corrected chi connectivity index (χ2v) is 7.83. The van der Waals surface area contributed by atoms with Gasteiger partial charge < -0.3 is 9.73 Å². The first-order valence-corrected chi connectivity index (χ1v) is 10.1. The van der Waals surface area contributed by atoms with Crippen molar-refractivity contribution in [3.05, 3.63) is 69.3 Å². The minimum atomic E-state index is -0.369. The van der Waals surface area contributed by atoms with Gasteiger partial charge in [0.05, 0.1) is 22.5 Å². The van der Waals surface area contributed by atoms with Gasteiger partial charge in [0.15, 0.2) is 5.52 Å². The van der Waals surface area contributed by atoms with Crippen molar-refractivity contribution in [1.29, 1.82) is 0 Å². The van der Waals surface area contributed by atoms with Gasteiger partial charge in [0.2, 0.25) is 5.91 Å². The highest BCUT2D eigenvalue weighted by molar-refractivity contribution is 7.19. The van der Waals surface area contributed by atoms with Crippen LogP contribution < -0.4 is 10.9 Å². The number of hydrogen-bond donors (Lipinski definition) is 1. The largest absolute Gasteiger partial charge is 0.467 e. The molecule has 0 unspecified atom stereocenters.